The van der Waals surface area contributed by atoms with Crippen LogP contribution < -0.4 is 5.32 Å². The lowest BCUT2D eigenvalue weighted by Crippen LogP contribution is -2.48. The van der Waals surface area contributed by atoms with Crippen molar-refractivity contribution in [2.75, 3.05) is 26.2 Å². The van der Waals surface area contributed by atoms with Crippen LogP contribution in [-0.4, -0.2) is 48.3 Å². The average Bonchev–Trinajstić information content (AvgIpc) is 2.30. The molecule has 16 heavy (non-hydrogen) atoms. The van der Waals surface area contributed by atoms with Gasteiger partial charge in [0.1, 0.15) is 0 Å². The highest BCUT2D eigenvalue weighted by atomic mass is 16.3. The summed E-state index contributed by atoms with van der Waals surface area (Å²) >= 11 is 0. The van der Waals surface area contributed by atoms with Crippen molar-refractivity contribution in [3.8, 4) is 0 Å². The second kappa shape index (κ2) is 7.25. The molecule has 0 aromatic carbocycles. The summed E-state index contributed by atoms with van der Waals surface area (Å²) in [6.45, 7) is 11.2. The predicted octanol–water partition coefficient (Wildman–Crippen LogP) is 1.47. The van der Waals surface area contributed by atoms with Crippen LogP contribution in [0.1, 0.15) is 40.0 Å². The van der Waals surface area contributed by atoms with E-state index in [4.69, 9.17) is 0 Å². The van der Waals surface area contributed by atoms with Crippen LogP contribution in [0.3, 0.4) is 0 Å². The van der Waals surface area contributed by atoms with Crippen molar-refractivity contribution in [2.45, 2.75) is 52.2 Å². The summed E-state index contributed by atoms with van der Waals surface area (Å²) in [7, 11) is 0. The van der Waals surface area contributed by atoms with Crippen LogP contribution in [0.4, 0.5) is 0 Å². The van der Waals surface area contributed by atoms with Gasteiger partial charge >= 0.3 is 0 Å². The minimum Gasteiger partial charge on any atom is -0.393 e. The van der Waals surface area contributed by atoms with E-state index in [0.717, 1.165) is 25.3 Å². The van der Waals surface area contributed by atoms with E-state index in [2.05, 4.69) is 24.1 Å². The third kappa shape index (κ3) is 4.40. The van der Waals surface area contributed by atoms with Crippen molar-refractivity contribution in [1.29, 1.82) is 0 Å². The number of aliphatic hydroxyl groups excluding tert-OH is 1. The van der Waals surface area contributed by atoms with Crippen LogP contribution in [0, 0.1) is 5.92 Å². The van der Waals surface area contributed by atoms with E-state index < -0.39 is 0 Å². The van der Waals surface area contributed by atoms with Crippen LogP contribution in [0.5, 0.6) is 0 Å². The van der Waals surface area contributed by atoms with Crippen LogP contribution in [0.15, 0.2) is 0 Å². The largest absolute Gasteiger partial charge is 0.393 e. The molecule has 0 aromatic heterocycles. The monoisotopic (exact) mass is 228 g/mol. The van der Waals surface area contributed by atoms with Crippen LogP contribution in [0.25, 0.3) is 0 Å². The first kappa shape index (κ1) is 13.9. The summed E-state index contributed by atoms with van der Waals surface area (Å²) in [5.74, 6) is 0.729. The molecular formula is C13H28N2O. The molecule has 0 amide bonds. The third-order valence-corrected chi connectivity index (χ3v) is 3.79. The average molecular weight is 228 g/mol. The third-order valence-electron chi connectivity index (χ3n) is 3.79. The van der Waals surface area contributed by atoms with Gasteiger partial charge < -0.3 is 15.3 Å². The Morgan fingerprint density at radius 3 is 2.75 bits per heavy atom. The van der Waals surface area contributed by atoms with Crippen LogP contribution in [-0.2, 0) is 0 Å². The van der Waals surface area contributed by atoms with Gasteiger partial charge in [0.15, 0.2) is 0 Å². The molecule has 0 radical (unpaired) electrons. The van der Waals surface area contributed by atoms with Gasteiger partial charge in [-0.1, -0.05) is 20.8 Å². The lowest BCUT2D eigenvalue weighted by atomic mass is 9.93. The molecule has 96 valence electrons. The predicted molar refractivity (Wildman–Crippen MR) is 68.6 cm³/mol. The summed E-state index contributed by atoms with van der Waals surface area (Å²) in [6.07, 6.45) is 2.87. The van der Waals surface area contributed by atoms with Gasteiger partial charge in [-0.25, -0.2) is 0 Å². The maximum absolute atomic E-state index is 9.49. The Morgan fingerprint density at radius 1 is 1.44 bits per heavy atom. The second-order valence-electron chi connectivity index (χ2n) is 5.07. The van der Waals surface area contributed by atoms with Crippen LogP contribution in [0.2, 0.25) is 0 Å². The van der Waals surface area contributed by atoms with Crippen molar-refractivity contribution in [1.82, 2.24) is 10.2 Å². The lowest BCUT2D eigenvalue weighted by molar-refractivity contribution is 0.137. The molecular weight excluding hydrogens is 200 g/mol. The number of likely N-dealkylation sites (tertiary alicyclic amines) is 1. The summed E-state index contributed by atoms with van der Waals surface area (Å²) in [5.41, 5.74) is 0. The smallest absolute Gasteiger partial charge is 0.0549 e. The molecule has 1 heterocycles. The summed E-state index contributed by atoms with van der Waals surface area (Å²) in [5, 5.41) is 13.1. The SMILES string of the molecule is CCC(O)CCNC1CCN(CC)CC1C. The molecule has 0 aliphatic carbocycles. The second-order valence-corrected chi connectivity index (χ2v) is 5.07. The molecule has 1 rings (SSSR count). The first-order valence-corrected chi connectivity index (χ1v) is 6.81. The van der Waals surface area contributed by atoms with Crippen molar-refractivity contribution in [3.05, 3.63) is 0 Å². The van der Waals surface area contributed by atoms with Crippen molar-refractivity contribution >= 4 is 0 Å². The number of aliphatic hydroxyl groups is 1. The van der Waals surface area contributed by atoms with Crippen molar-refractivity contribution in [3.63, 3.8) is 0 Å². The maximum atomic E-state index is 9.49. The van der Waals surface area contributed by atoms with E-state index in [1.54, 1.807) is 0 Å². The van der Waals surface area contributed by atoms with Crippen molar-refractivity contribution < 1.29 is 5.11 Å². The lowest BCUT2D eigenvalue weighted by Gasteiger charge is -2.37. The summed E-state index contributed by atoms with van der Waals surface area (Å²) < 4.78 is 0. The van der Waals surface area contributed by atoms with E-state index in [9.17, 15) is 5.11 Å². The van der Waals surface area contributed by atoms with Crippen LogP contribution >= 0.6 is 0 Å². The van der Waals surface area contributed by atoms with Crippen molar-refractivity contribution in [2.24, 2.45) is 5.92 Å². The maximum Gasteiger partial charge on any atom is 0.0549 e. The minimum atomic E-state index is -0.126. The molecule has 1 aliphatic rings. The molecule has 0 bridgehead atoms. The number of nitrogens with one attached hydrogen (secondary N) is 1. The first-order chi connectivity index (χ1) is 7.67. The molecule has 3 heteroatoms. The number of hydrogen-bond donors (Lipinski definition) is 2. The number of rotatable bonds is 6. The molecule has 1 saturated heterocycles. The molecule has 1 aliphatic heterocycles. The number of nitrogens with zero attached hydrogens (tertiary/aromatic N) is 1. The fourth-order valence-electron chi connectivity index (χ4n) is 2.46. The fourth-order valence-corrected chi connectivity index (χ4v) is 2.46. The molecule has 2 N–H and O–H groups in total. The zero-order valence-electron chi connectivity index (χ0n) is 11.1. The Morgan fingerprint density at radius 2 is 2.19 bits per heavy atom. The highest BCUT2D eigenvalue weighted by molar-refractivity contribution is 4.82. The van der Waals surface area contributed by atoms with Gasteiger partial charge in [-0.15, -0.1) is 0 Å². The van der Waals surface area contributed by atoms with Gasteiger partial charge in [0, 0.05) is 12.6 Å². The Hall–Kier alpha value is -0.120. The van der Waals surface area contributed by atoms with Gasteiger partial charge in [-0.2, -0.15) is 0 Å². The van der Waals surface area contributed by atoms with E-state index in [-0.39, 0.29) is 6.10 Å². The Balaban J connectivity index is 2.18. The molecule has 0 aromatic rings. The molecule has 3 atom stereocenters. The standard InChI is InChI=1S/C13H28N2O/c1-4-12(16)6-8-14-13-7-9-15(5-2)10-11(13)3/h11-14,16H,4-10H2,1-3H3. The Kier molecular flexibility index (Phi) is 6.32. The molecule has 3 nitrogen and oxygen atoms in total. The van der Waals surface area contributed by atoms with Gasteiger partial charge in [-0.05, 0) is 44.8 Å². The van der Waals surface area contributed by atoms with E-state index >= 15 is 0 Å². The molecule has 1 fully saturated rings. The van der Waals surface area contributed by atoms with Gasteiger partial charge in [0.2, 0.25) is 0 Å². The Labute approximate surface area is 100 Å². The van der Waals surface area contributed by atoms with E-state index in [0.29, 0.717) is 6.04 Å². The number of piperidine rings is 1. The Bertz CT molecular complexity index is 187. The van der Waals surface area contributed by atoms with Gasteiger partial charge in [-0.3, -0.25) is 0 Å². The van der Waals surface area contributed by atoms with Gasteiger partial charge in [0.25, 0.3) is 0 Å². The first-order valence-electron chi connectivity index (χ1n) is 6.81. The quantitative estimate of drug-likeness (QED) is 0.722. The van der Waals surface area contributed by atoms with E-state index in [1.165, 1.54) is 26.1 Å². The highest BCUT2D eigenvalue weighted by Crippen LogP contribution is 2.16. The van der Waals surface area contributed by atoms with E-state index in [1.807, 2.05) is 6.92 Å². The molecule has 0 saturated carbocycles. The normalized spacial score (nSPS) is 29.2. The topological polar surface area (TPSA) is 35.5 Å². The zero-order chi connectivity index (χ0) is 12.0. The zero-order valence-corrected chi connectivity index (χ0v) is 11.1. The minimum absolute atomic E-state index is 0.126. The molecule has 0 spiro atoms. The summed E-state index contributed by atoms with van der Waals surface area (Å²) in [6, 6.07) is 0.645. The highest BCUT2D eigenvalue weighted by Gasteiger charge is 2.24. The van der Waals surface area contributed by atoms with Gasteiger partial charge in [0.05, 0.1) is 6.10 Å². The molecule has 3 unspecified atom stereocenters. The number of hydrogen-bond acceptors (Lipinski definition) is 3. The summed E-state index contributed by atoms with van der Waals surface area (Å²) in [4.78, 5) is 2.52. The fraction of sp³-hybridized carbons (Fsp3) is 1.00.